The summed E-state index contributed by atoms with van der Waals surface area (Å²) in [5.74, 6) is 0. The third kappa shape index (κ3) is 3.20. The number of rotatable bonds is 4. The summed E-state index contributed by atoms with van der Waals surface area (Å²) in [7, 11) is 2.20. The van der Waals surface area contributed by atoms with Gasteiger partial charge in [0, 0.05) is 37.4 Å². The van der Waals surface area contributed by atoms with Crippen LogP contribution in [-0.2, 0) is 13.1 Å². The number of nitrogens with one attached hydrogen (secondary N) is 1. The molecular weight excluding hydrogens is 224 g/mol. The summed E-state index contributed by atoms with van der Waals surface area (Å²) in [4.78, 5) is 2.41. The van der Waals surface area contributed by atoms with E-state index in [0.29, 0.717) is 6.04 Å². The molecule has 0 radical (unpaired) electrons. The Morgan fingerprint density at radius 1 is 1.62 bits per heavy atom. The molecule has 0 saturated carbocycles. The van der Waals surface area contributed by atoms with E-state index in [9.17, 15) is 0 Å². The molecule has 0 aliphatic carbocycles. The highest BCUT2D eigenvalue weighted by atomic mass is 35.5. The lowest BCUT2D eigenvalue weighted by Crippen LogP contribution is -2.32. The maximum atomic E-state index is 4.29. The van der Waals surface area contributed by atoms with E-state index in [1.54, 1.807) is 0 Å². The monoisotopic (exact) mass is 244 g/mol. The third-order valence-electron chi connectivity index (χ3n) is 3.10. The van der Waals surface area contributed by atoms with Gasteiger partial charge in [0.1, 0.15) is 0 Å². The maximum Gasteiger partial charge on any atom is 0.0534 e. The average Bonchev–Trinajstić information content (AvgIpc) is 2.87. The van der Waals surface area contributed by atoms with Gasteiger partial charge in [-0.3, -0.25) is 9.58 Å². The highest BCUT2D eigenvalue weighted by Crippen LogP contribution is 2.10. The summed E-state index contributed by atoms with van der Waals surface area (Å²) in [5, 5.41) is 7.68. The lowest BCUT2D eigenvalue weighted by Gasteiger charge is -2.22. The van der Waals surface area contributed by atoms with Crippen LogP contribution in [0.2, 0.25) is 0 Å². The van der Waals surface area contributed by atoms with Gasteiger partial charge in [0.05, 0.1) is 6.20 Å². The van der Waals surface area contributed by atoms with Gasteiger partial charge >= 0.3 is 0 Å². The van der Waals surface area contributed by atoms with Gasteiger partial charge in [-0.2, -0.15) is 5.10 Å². The van der Waals surface area contributed by atoms with E-state index in [1.165, 1.54) is 12.0 Å². The van der Waals surface area contributed by atoms with Crippen molar-refractivity contribution < 1.29 is 0 Å². The molecule has 1 N–H and O–H groups in total. The number of hydrogen-bond donors (Lipinski definition) is 1. The average molecular weight is 245 g/mol. The molecule has 2 heterocycles. The van der Waals surface area contributed by atoms with Crippen molar-refractivity contribution in [2.45, 2.75) is 32.5 Å². The van der Waals surface area contributed by atoms with Gasteiger partial charge in [0.2, 0.25) is 0 Å². The van der Waals surface area contributed by atoms with E-state index in [4.69, 9.17) is 0 Å². The number of halogens is 1. The largest absolute Gasteiger partial charge is 0.315 e. The number of aryl methyl sites for hydroxylation is 1. The van der Waals surface area contributed by atoms with Crippen molar-refractivity contribution in [3.63, 3.8) is 0 Å². The minimum Gasteiger partial charge on any atom is -0.315 e. The van der Waals surface area contributed by atoms with E-state index in [0.717, 1.165) is 26.2 Å². The fraction of sp³-hybridized carbons (Fsp3) is 0.727. The molecular formula is C11H21ClN4. The minimum absolute atomic E-state index is 0. The normalized spacial score (nSPS) is 20.1. The Balaban J connectivity index is 0.00000128. The molecule has 92 valence electrons. The first-order valence-corrected chi connectivity index (χ1v) is 5.72. The van der Waals surface area contributed by atoms with Crippen LogP contribution in [0.1, 0.15) is 18.9 Å². The molecule has 16 heavy (non-hydrogen) atoms. The first kappa shape index (κ1) is 13.5. The van der Waals surface area contributed by atoms with Gasteiger partial charge in [0.15, 0.2) is 0 Å². The molecule has 1 aromatic heterocycles. The van der Waals surface area contributed by atoms with Crippen LogP contribution in [0.5, 0.6) is 0 Å². The van der Waals surface area contributed by atoms with Crippen molar-refractivity contribution in [1.29, 1.82) is 0 Å². The molecule has 2 rings (SSSR count). The summed E-state index contributed by atoms with van der Waals surface area (Å²) >= 11 is 0. The zero-order valence-corrected chi connectivity index (χ0v) is 10.8. The SMILES string of the molecule is CCn1cc(CN(C)C2CCNC2)cn1.Cl. The molecule has 1 unspecified atom stereocenters. The summed E-state index contributed by atoms with van der Waals surface area (Å²) in [5.41, 5.74) is 1.31. The molecule has 5 heteroatoms. The first-order chi connectivity index (χ1) is 7.29. The van der Waals surface area contributed by atoms with Gasteiger partial charge in [-0.05, 0) is 26.9 Å². The smallest absolute Gasteiger partial charge is 0.0534 e. The first-order valence-electron chi connectivity index (χ1n) is 5.72. The van der Waals surface area contributed by atoms with Crippen LogP contribution in [-0.4, -0.2) is 40.9 Å². The summed E-state index contributed by atoms with van der Waals surface area (Å²) in [6, 6.07) is 0.690. The molecule has 1 saturated heterocycles. The Kier molecular flexibility index (Phi) is 5.25. The summed E-state index contributed by atoms with van der Waals surface area (Å²) < 4.78 is 1.98. The number of aromatic nitrogens is 2. The van der Waals surface area contributed by atoms with Crippen LogP contribution in [0.15, 0.2) is 12.4 Å². The van der Waals surface area contributed by atoms with Gasteiger partial charge in [-0.15, -0.1) is 12.4 Å². The standard InChI is InChI=1S/C11H20N4.ClH/c1-3-15-9-10(6-13-15)8-14(2)11-4-5-12-7-11;/h6,9,11-12H,3-5,7-8H2,1-2H3;1H. The number of hydrogen-bond acceptors (Lipinski definition) is 3. The molecule has 1 aliphatic heterocycles. The second kappa shape index (κ2) is 6.23. The van der Waals surface area contributed by atoms with Gasteiger partial charge in [0.25, 0.3) is 0 Å². The Morgan fingerprint density at radius 3 is 3.00 bits per heavy atom. The van der Waals surface area contributed by atoms with Gasteiger partial charge in [-0.1, -0.05) is 0 Å². The second-order valence-corrected chi connectivity index (χ2v) is 4.27. The molecule has 1 atom stereocenters. The quantitative estimate of drug-likeness (QED) is 0.862. The van der Waals surface area contributed by atoms with Crippen LogP contribution < -0.4 is 5.32 Å². The predicted molar refractivity (Wildman–Crippen MR) is 67.9 cm³/mol. The minimum atomic E-state index is 0. The van der Waals surface area contributed by atoms with Gasteiger partial charge < -0.3 is 5.32 Å². The van der Waals surface area contributed by atoms with Crippen LogP contribution >= 0.6 is 12.4 Å². The van der Waals surface area contributed by atoms with E-state index >= 15 is 0 Å². The van der Waals surface area contributed by atoms with Crippen molar-refractivity contribution in [3.05, 3.63) is 18.0 Å². The van der Waals surface area contributed by atoms with Gasteiger partial charge in [-0.25, -0.2) is 0 Å². The highest BCUT2D eigenvalue weighted by Gasteiger charge is 2.19. The van der Waals surface area contributed by atoms with Crippen molar-refractivity contribution in [2.24, 2.45) is 0 Å². The van der Waals surface area contributed by atoms with Crippen molar-refractivity contribution in [1.82, 2.24) is 20.0 Å². The molecule has 0 spiro atoms. The van der Waals surface area contributed by atoms with Crippen LogP contribution in [0.25, 0.3) is 0 Å². The van der Waals surface area contributed by atoms with E-state index in [1.807, 2.05) is 10.9 Å². The molecule has 0 amide bonds. The van der Waals surface area contributed by atoms with Crippen LogP contribution in [0.3, 0.4) is 0 Å². The van der Waals surface area contributed by atoms with Crippen molar-refractivity contribution in [2.75, 3.05) is 20.1 Å². The summed E-state index contributed by atoms with van der Waals surface area (Å²) in [6.07, 6.45) is 5.37. The Hall–Kier alpha value is -0.580. The molecule has 0 aromatic carbocycles. The lowest BCUT2D eigenvalue weighted by molar-refractivity contribution is 0.249. The Morgan fingerprint density at radius 2 is 2.44 bits per heavy atom. The Bertz CT molecular complexity index is 307. The molecule has 0 bridgehead atoms. The van der Waals surface area contributed by atoms with Crippen molar-refractivity contribution in [3.8, 4) is 0 Å². The summed E-state index contributed by atoms with van der Waals surface area (Å²) in [6.45, 7) is 6.35. The molecule has 1 aliphatic rings. The Labute approximate surface area is 103 Å². The van der Waals surface area contributed by atoms with Crippen LogP contribution in [0, 0.1) is 0 Å². The van der Waals surface area contributed by atoms with E-state index in [-0.39, 0.29) is 12.4 Å². The molecule has 4 nitrogen and oxygen atoms in total. The zero-order chi connectivity index (χ0) is 10.7. The fourth-order valence-electron chi connectivity index (χ4n) is 2.09. The number of likely N-dealkylation sites (N-methyl/N-ethyl adjacent to an activating group) is 1. The second-order valence-electron chi connectivity index (χ2n) is 4.27. The fourth-order valence-corrected chi connectivity index (χ4v) is 2.09. The molecule has 1 fully saturated rings. The highest BCUT2D eigenvalue weighted by molar-refractivity contribution is 5.85. The topological polar surface area (TPSA) is 33.1 Å². The molecule has 1 aromatic rings. The van der Waals surface area contributed by atoms with Crippen LogP contribution in [0.4, 0.5) is 0 Å². The van der Waals surface area contributed by atoms with E-state index in [2.05, 4.69) is 35.5 Å². The van der Waals surface area contributed by atoms with Crippen molar-refractivity contribution >= 4 is 12.4 Å². The third-order valence-corrected chi connectivity index (χ3v) is 3.10. The maximum absolute atomic E-state index is 4.29. The zero-order valence-electron chi connectivity index (χ0n) is 10.0. The lowest BCUT2D eigenvalue weighted by atomic mass is 10.2. The number of nitrogens with zero attached hydrogens (tertiary/aromatic N) is 3. The van der Waals surface area contributed by atoms with E-state index < -0.39 is 0 Å². The predicted octanol–water partition coefficient (Wildman–Crippen LogP) is 1.12.